The van der Waals surface area contributed by atoms with Crippen molar-refractivity contribution in [1.82, 2.24) is 4.31 Å². The highest BCUT2D eigenvalue weighted by Gasteiger charge is 2.26. The largest absolute Gasteiger partial charge is 0.395 e. The van der Waals surface area contributed by atoms with Gasteiger partial charge in [0.25, 0.3) is 0 Å². The Kier molecular flexibility index (Phi) is 6.21. The van der Waals surface area contributed by atoms with Crippen LogP contribution < -0.4 is 5.73 Å². The second-order valence-electron chi connectivity index (χ2n) is 2.94. The molecule has 7 heteroatoms. The average Bonchev–Trinajstić information content (AvgIpc) is 2.16. The van der Waals surface area contributed by atoms with Crippen molar-refractivity contribution in [3.63, 3.8) is 0 Å². The van der Waals surface area contributed by atoms with Gasteiger partial charge in [-0.2, -0.15) is 4.31 Å². The van der Waals surface area contributed by atoms with Crippen molar-refractivity contribution < 1.29 is 18.6 Å². The number of aliphatic hydroxyl groups excluding tert-OH is 2. The lowest BCUT2D eigenvalue weighted by Gasteiger charge is -2.23. The fourth-order valence-electron chi connectivity index (χ4n) is 0.965. The molecule has 0 aliphatic rings. The average molecular weight is 226 g/mol. The fourth-order valence-corrected chi connectivity index (χ4v) is 2.39. The minimum Gasteiger partial charge on any atom is -0.395 e. The van der Waals surface area contributed by atoms with Gasteiger partial charge in [-0.1, -0.05) is 0 Å². The van der Waals surface area contributed by atoms with Crippen molar-refractivity contribution in [2.75, 3.05) is 32.8 Å². The van der Waals surface area contributed by atoms with E-state index in [0.717, 1.165) is 4.31 Å². The van der Waals surface area contributed by atoms with Gasteiger partial charge in [0.1, 0.15) is 0 Å². The van der Waals surface area contributed by atoms with Crippen LogP contribution in [0.4, 0.5) is 0 Å². The lowest BCUT2D eigenvalue weighted by Crippen LogP contribution is -2.43. The van der Waals surface area contributed by atoms with Gasteiger partial charge in [-0.05, 0) is 6.92 Å². The number of hydrogen-bond acceptors (Lipinski definition) is 5. The highest BCUT2D eigenvalue weighted by atomic mass is 32.2. The van der Waals surface area contributed by atoms with Crippen LogP contribution in [0.25, 0.3) is 0 Å². The maximum atomic E-state index is 11.7. The van der Waals surface area contributed by atoms with Crippen LogP contribution in [-0.2, 0) is 10.0 Å². The van der Waals surface area contributed by atoms with E-state index in [1.54, 1.807) is 0 Å². The molecule has 0 bridgehead atoms. The van der Waals surface area contributed by atoms with Crippen LogP contribution in [0.3, 0.4) is 0 Å². The normalized spacial score (nSPS) is 14.6. The molecule has 6 nitrogen and oxygen atoms in total. The first-order valence-electron chi connectivity index (χ1n) is 4.41. The number of hydrogen-bond donors (Lipinski definition) is 3. The third-order valence-electron chi connectivity index (χ3n) is 1.90. The van der Waals surface area contributed by atoms with E-state index in [4.69, 9.17) is 15.9 Å². The third-order valence-corrected chi connectivity index (χ3v) is 4.19. The summed E-state index contributed by atoms with van der Waals surface area (Å²) >= 11 is 0. The monoisotopic (exact) mass is 226 g/mol. The van der Waals surface area contributed by atoms with Crippen molar-refractivity contribution in [3.05, 3.63) is 0 Å². The molecule has 0 rings (SSSR count). The molecule has 14 heavy (non-hydrogen) atoms. The maximum absolute atomic E-state index is 11.7. The minimum absolute atomic E-state index is 0.00671. The SMILES string of the molecule is CC(CN)S(=O)(=O)N(CCO)CCO. The predicted molar refractivity (Wildman–Crippen MR) is 53.2 cm³/mol. The van der Waals surface area contributed by atoms with Gasteiger partial charge < -0.3 is 15.9 Å². The van der Waals surface area contributed by atoms with E-state index in [1.807, 2.05) is 0 Å². The highest BCUT2D eigenvalue weighted by molar-refractivity contribution is 7.89. The highest BCUT2D eigenvalue weighted by Crippen LogP contribution is 2.06. The molecule has 0 aromatic rings. The van der Waals surface area contributed by atoms with Crippen molar-refractivity contribution in [2.24, 2.45) is 5.73 Å². The molecule has 0 heterocycles. The van der Waals surface area contributed by atoms with Crippen molar-refractivity contribution in [2.45, 2.75) is 12.2 Å². The summed E-state index contributed by atoms with van der Waals surface area (Å²) in [6.07, 6.45) is 0. The molecule has 0 aliphatic carbocycles. The molecule has 0 amide bonds. The van der Waals surface area contributed by atoms with E-state index >= 15 is 0 Å². The Labute approximate surface area is 84.4 Å². The van der Waals surface area contributed by atoms with Gasteiger partial charge in [-0.15, -0.1) is 0 Å². The number of rotatable bonds is 7. The van der Waals surface area contributed by atoms with Gasteiger partial charge in [-0.3, -0.25) is 0 Å². The molecule has 0 saturated carbocycles. The minimum atomic E-state index is -3.49. The van der Waals surface area contributed by atoms with E-state index in [0.29, 0.717) is 0 Å². The van der Waals surface area contributed by atoms with Gasteiger partial charge in [0.2, 0.25) is 10.0 Å². The van der Waals surface area contributed by atoms with E-state index in [2.05, 4.69) is 0 Å². The van der Waals surface area contributed by atoms with Gasteiger partial charge in [-0.25, -0.2) is 8.42 Å². The zero-order valence-corrected chi connectivity index (χ0v) is 9.07. The molecule has 1 atom stereocenters. The Morgan fingerprint density at radius 3 is 2.00 bits per heavy atom. The Bertz CT molecular complexity index is 236. The van der Waals surface area contributed by atoms with E-state index in [-0.39, 0.29) is 32.8 Å². The predicted octanol–water partition coefficient (Wildman–Crippen LogP) is -2.05. The van der Waals surface area contributed by atoms with Gasteiger partial charge in [0.15, 0.2) is 0 Å². The number of nitrogens with zero attached hydrogens (tertiary/aromatic N) is 1. The number of aliphatic hydroxyl groups is 2. The molecule has 86 valence electrons. The first-order chi connectivity index (χ1) is 6.50. The van der Waals surface area contributed by atoms with Gasteiger partial charge >= 0.3 is 0 Å². The van der Waals surface area contributed by atoms with Crippen molar-refractivity contribution >= 4 is 10.0 Å². The van der Waals surface area contributed by atoms with Gasteiger partial charge in [0.05, 0.1) is 18.5 Å². The van der Waals surface area contributed by atoms with E-state index in [9.17, 15) is 8.42 Å². The fraction of sp³-hybridized carbons (Fsp3) is 1.00. The summed E-state index contributed by atoms with van der Waals surface area (Å²) in [5.74, 6) is 0. The summed E-state index contributed by atoms with van der Waals surface area (Å²) in [4.78, 5) is 0. The molecule has 0 aliphatic heterocycles. The van der Waals surface area contributed by atoms with Crippen LogP contribution in [0, 0.1) is 0 Å². The number of nitrogens with two attached hydrogens (primary N) is 1. The summed E-state index contributed by atoms with van der Waals surface area (Å²) in [5, 5.41) is 16.6. The van der Waals surface area contributed by atoms with E-state index < -0.39 is 15.3 Å². The lowest BCUT2D eigenvalue weighted by atomic mass is 10.5. The lowest BCUT2D eigenvalue weighted by molar-refractivity contribution is 0.216. The molecule has 1 unspecified atom stereocenters. The van der Waals surface area contributed by atoms with Crippen LogP contribution in [-0.4, -0.2) is 61.0 Å². The first-order valence-corrected chi connectivity index (χ1v) is 5.91. The molecule has 0 fully saturated rings. The van der Waals surface area contributed by atoms with Crippen LogP contribution in [0.15, 0.2) is 0 Å². The molecule has 4 N–H and O–H groups in total. The zero-order valence-electron chi connectivity index (χ0n) is 8.26. The summed E-state index contributed by atoms with van der Waals surface area (Å²) in [7, 11) is -3.49. The standard InChI is InChI=1S/C7H18N2O4S/c1-7(6-8)14(12,13)9(2-4-10)3-5-11/h7,10-11H,2-6,8H2,1H3. The Balaban J connectivity index is 4.62. The summed E-state index contributed by atoms with van der Waals surface area (Å²) in [5.41, 5.74) is 5.26. The number of sulfonamides is 1. The first kappa shape index (κ1) is 13.8. The van der Waals surface area contributed by atoms with Crippen LogP contribution in [0.2, 0.25) is 0 Å². The van der Waals surface area contributed by atoms with Crippen molar-refractivity contribution in [1.29, 1.82) is 0 Å². The Hall–Kier alpha value is -0.210. The second-order valence-corrected chi connectivity index (χ2v) is 5.29. The maximum Gasteiger partial charge on any atom is 0.218 e. The molecular formula is C7H18N2O4S. The summed E-state index contributed by atoms with van der Waals surface area (Å²) in [6, 6.07) is 0. The van der Waals surface area contributed by atoms with Crippen molar-refractivity contribution in [3.8, 4) is 0 Å². The van der Waals surface area contributed by atoms with E-state index in [1.165, 1.54) is 6.92 Å². The second kappa shape index (κ2) is 6.31. The molecule has 0 saturated heterocycles. The zero-order chi connectivity index (χ0) is 11.2. The van der Waals surface area contributed by atoms with Crippen LogP contribution in [0.1, 0.15) is 6.92 Å². The van der Waals surface area contributed by atoms with Crippen LogP contribution >= 0.6 is 0 Å². The molecule has 0 aromatic carbocycles. The Morgan fingerprint density at radius 1 is 1.29 bits per heavy atom. The van der Waals surface area contributed by atoms with Gasteiger partial charge in [0, 0.05) is 19.6 Å². The summed E-state index contributed by atoms with van der Waals surface area (Å²) in [6.45, 7) is 0.973. The topological polar surface area (TPSA) is 104 Å². The summed E-state index contributed by atoms with van der Waals surface area (Å²) < 4.78 is 24.4. The molecular weight excluding hydrogens is 208 g/mol. The smallest absolute Gasteiger partial charge is 0.218 e. The third kappa shape index (κ3) is 3.50. The molecule has 0 radical (unpaired) electrons. The quantitative estimate of drug-likeness (QED) is 0.463. The Morgan fingerprint density at radius 2 is 1.71 bits per heavy atom. The molecule has 0 aromatic heterocycles. The molecule has 0 spiro atoms. The van der Waals surface area contributed by atoms with Crippen LogP contribution in [0.5, 0.6) is 0 Å².